The Balaban J connectivity index is 2.13. The summed E-state index contributed by atoms with van der Waals surface area (Å²) in [5.41, 5.74) is 7.92. The second-order valence-corrected chi connectivity index (χ2v) is 6.01. The molecular formula is C14H21BrN2. The predicted molar refractivity (Wildman–Crippen MR) is 76.9 cm³/mol. The lowest BCUT2D eigenvalue weighted by atomic mass is 9.97. The van der Waals surface area contributed by atoms with Crippen molar-refractivity contribution in [3.05, 3.63) is 28.2 Å². The highest BCUT2D eigenvalue weighted by Crippen LogP contribution is 2.27. The van der Waals surface area contributed by atoms with Crippen LogP contribution in [-0.2, 0) is 6.54 Å². The molecule has 2 N–H and O–H groups in total. The van der Waals surface area contributed by atoms with E-state index in [1.54, 1.807) is 0 Å². The first-order valence-electron chi connectivity index (χ1n) is 6.37. The van der Waals surface area contributed by atoms with Gasteiger partial charge in [0.05, 0.1) is 0 Å². The average Bonchev–Trinajstić information content (AvgIpc) is 2.26. The number of rotatable bonds is 2. The zero-order valence-corrected chi connectivity index (χ0v) is 12.2. The van der Waals surface area contributed by atoms with Crippen molar-refractivity contribution in [3.63, 3.8) is 0 Å². The molecule has 1 aromatic carbocycles. The quantitative estimate of drug-likeness (QED) is 0.841. The molecule has 2 rings (SSSR count). The molecule has 0 unspecified atom stereocenters. The van der Waals surface area contributed by atoms with Crippen LogP contribution >= 0.6 is 15.9 Å². The highest BCUT2D eigenvalue weighted by atomic mass is 79.9. The molecule has 2 atom stereocenters. The SMILES string of the molecule is C[C@@H]1CCC[C@@H](C)N1Cc1ccc(N)cc1Br. The molecule has 1 fully saturated rings. The summed E-state index contributed by atoms with van der Waals surface area (Å²) in [4.78, 5) is 2.60. The first-order chi connectivity index (χ1) is 8.08. The molecule has 1 saturated heterocycles. The molecule has 17 heavy (non-hydrogen) atoms. The van der Waals surface area contributed by atoms with Crippen LogP contribution in [0.5, 0.6) is 0 Å². The molecule has 0 spiro atoms. The molecule has 0 amide bonds. The molecule has 1 aromatic rings. The first-order valence-corrected chi connectivity index (χ1v) is 7.17. The third-order valence-corrected chi connectivity index (χ3v) is 4.54. The monoisotopic (exact) mass is 296 g/mol. The molecule has 0 aromatic heterocycles. The van der Waals surface area contributed by atoms with Gasteiger partial charge in [-0.3, -0.25) is 4.90 Å². The lowest BCUT2D eigenvalue weighted by Crippen LogP contribution is -2.43. The lowest BCUT2D eigenvalue weighted by molar-refractivity contribution is 0.0950. The highest BCUT2D eigenvalue weighted by molar-refractivity contribution is 9.10. The van der Waals surface area contributed by atoms with Crippen LogP contribution in [-0.4, -0.2) is 17.0 Å². The normalized spacial score (nSPS) is 26.1. The van der Waals surface area contributed by atoms with Gasteiger partial charge in [0, 0.05) is 28.8 Å². The fourth-order valence-corrected chi connectivity index (χ4v) is 3.20. The van der Waals surface area contributed by atoms with Gasteiger partial charge in [0.1, 0.15) is 0 Å². The summed E-state index contributed by atoms with van der Waals surface area (Å²) in [6.07, 6.45) is 4.00. The number of benzene rings is 1. The smallest absolute Gasteiger partial charge is 0.0325 e. The van der Waals surface area contributed by atoms with Crippen molar-refractivity contribution in [1.82, 2.24) is 4.90 Å². The lowest BCUT2D eigenvalue weighted by Gasteiger charge is -2.39. The van der Waals surface area contributed by atoms with Crippen LogP contribution in [0, 0.1) is 0 Å². The van der Waals surface area contributed by atoms with Gasteiger partial charge < -0.3 is 5.73 Å². The van der Waals surface area contributed by atoms with E-state index in [-0.39, 0.29) is 0 Å². The number of piperidine rings is 1. The minimum Gasteiger partial charge on any atom is -0.399 e. The van der Waals surface area contributed by atoms with Crippen molar-refractivity contribution in [1.29, 1.82) is 0 Å². The van der Waals surface area contributed by atoms with E-state index in [1.165, 1.54) is 24.8 Å². The third-order valence-electron chi connectivity index (χ3n) is 3.81. The molecule has 2 nitrogen and oxygen atoms in total. The first kappa shape index (κ1) is 12.9. The van der Waals surface area contributed by atoms with E-state index in [4.69, 9.17) is 5.73 Å². The number of likely N-dealkylation sites (tertiary alicyclic amines) is 1. The minimum atomic E-state index is 0.684. The Morgan fingerprint density at radius 3 is 2.53 bits per heavy atom. The zero-order chi connectivity index (χ0) is 12.4. The number of nitrogen functional groups attached to an aromatic ring is 1. The van der Waals surface area contributed by atoms with Crippen LogP contribution in [0.1, 0.15) is 38.7 Å². The van der Waals surface area contributed by atoms with Gasteiger partial charge in [-0.1, -0.05) is 28.4 Å². The second kappa shape index (κ2) is 5.40. The summed E-state index contributed by atoms with van der Waals surface area (Å²) in [6.45, 7) is 5.69. The molecular weight excluding hydrogens is 276 g/mol. The summed E-state index contributed by atoms with van der Waals surface area (Å²) < 4.78 is 1.13. The Morgan fingerprint density at radius 1 is 1.29 bits per heavy atom. The van der Waals surface area contributed by atoms with Crippen LogP contribution in [0.25, 0.3) is 0 Å². The van der Waals surface area contributed by atoms with Crippen LogP contribution in [0.2, 0.25) is 0 Å². The topological polar surface area (TPSA) is 29.3 Å². The summed E-state index contributed by atoms with van der Waals surface area (Å²) in [5, 5.41) is 0. The van der Waals surface area contributed by atoms with Crippen molar-refractivity contribution in [2.45, 2.75) is 51.7 Å². The van der Waals surface area contributed by atoms with Gasteiger partial charge in [-0.25, -0.2) is 0 Å². The fraction of sp³-hybridized carbons (Fsp3) is 0.571. The van der Waals surface area contributed by atoms with E-state index in [0.717, 1.165) is 16.7 Å². The fourth-order valence-electron chi connectivity index (χ4n) is 2.67. The van der Waals surface area contributed by atoms with E-state index in [1.807, 2.05) is 12.1 Å². The van der Waals surface area contributed by atoms with Crippen molar-refractivity contribution >= 4 is 21.6 Å². The highest BCUT2D eigenvalue weighted by Gasteiger charge is 2.24. The van der Waals surface area contributed by atoms with Crippen molar-refractivity contribution in [3.8, 4) is 0 Å². The van der Waals surface area contributed by atoms with Crippen molar-refractivity contribution < 1.29 is 0 Å². The summed E-state index contributed by atoms with van der Waals surface area (Å²) >= 11 is 3.61. The molecule has 1 aliphatic heterocycles. The molecule has 0 radical (unpaired) electrons. The number of anilines is 1. The minimum absolute atomic E-state index is 0.684. The summed E-state index contributed by atoms with van der Waals surface area (Å²) in [6, 6.07) is 7.48. The van der Waals surface area contributed by atoms with Crippen LogP contribution in [0.15, 0.2) is 22.7 Å². The van der Waals surface area contributed by atoms with Crippen LogP contribution in [0.3, 0.4) is 0 Å². The van der Waals surface area contributed by atoms with Crippen LogP contribution in [0.4, 0.5) is 5.69 Å². The van der Waals surface area contributed by atoms with Gasteiger partial charge in [-0.2, -0.15) is 0 Å². The van der Waals surface area contributed by atoms with Crippen molar-refractivity contribution in [2.75, 3.05) is 5.73 Å². The van der Waals surface area contributed by atoms with E-state index in [9.17, 15) is 0 Å². The number of nitrogens with zero attached hydrogens (tertiary/aromatic N) is 1. The summed E-state index contributed by atoms with van der Waals surface area (Å²) in [7, 11) is 0. The Labute approximate surface area is 112 Å². The average molecular weight is 297 g/mol. The standard InChI is InChI=1S/C14H21BrN2/c1-10-4-3-5-11(2)17(10)9-12-6-7-13(16)8-14(12)15/h6-8,10-11H,3-5,9,16H2,1-2H3/t10-,11-/m1/s1. The molecule has 1 aliphatic rings. The third kappa shape index (κ3) is 3.02. The molecule has 1 heterocycles. The van der Waals surface area contributed by atoms with E-state index < -0.39 is 0 Å². The number of hydrogen-bond donors (Lipinski definition) is 1. The maximum absolute atomic E-state index is 5.77. The number of halogens is 1. The summed E-state index contributed by atoms with van der Waals surface area (Å²) in [5.74, 6) is 0. The number of nitrogens with two attached hydrogens (primary N) is 1. The predicted octanol–water partition coefficient (Wildman–Crippen LogP) is 3.79. The molecule has 0 saturated carbocycles. The maximum Gasteiger partial charge on any atom is 0.0325 e. The van der Waals surface area contributed by atoms with Gasteiger partial charge in [0.25, 0.3) is 0 Å². The second-order valence-electron chi connectivity index (χ2n) is 5.15. The largest absolute Gasteiger partial charge is 0.399 e. The zero-order valence-electron chi connectivity index (χ0n) is 10.6. The number of hydrogen-bond acceptors (Lipinski definition) is 2. The van der Waals surface area contributed by atoms with E-state index >= 15 is 0 Å². The Morgan fingerprint density at radius 2 is 1.94 bits per heavy atom. The van der Waals surface area contributed by atoms with Crippen molar-refractivity contribution in [2.24, 2.45) is 0 Å². The van der Waals surface area contributed by atoms with Gasteiger partial charge >= 0.3 is 0 Å². The Kier molecular flexibility index (Phi) is 4.10. The van der Waals surface area contributed by atoms with Gasteiger partial charge in [0.2, 0.25) is 0 Å². The molecule has 0 bridgehead atoms. The van der Waals surface area contributed by atoms with E-state index in [2.05, 4.69) is 40.7 Å². The Bertz CT molecular complexity index is 382. The maximum atomic E-state index is 5.77. The van der Waals surface area contributed by atoms with Gasteiger partial charge in [0.15, 0.2) is 0 Å². The van der Waals surface area contributed by atoms with Gasteiger partial charge in [-0.05, 0) is 44.4 Å². The molecule has 0 aliphatic carbocycles. The Hall–Kier alpha value is -0.540. The van der Waals surface area contributed by atoms with Crippen LogP contribution < -0.4 is 5.73 Å². The molecule has 3 heteroatoms. The van der Waals surface area contributed by atoms with E-state index in [0.29, 0.717) is 12.1 Å². The molecule has 94 valence electrons. The van der Waals surface area contributed by atoms with Gasteiger partial charge in [-0.15, -0.1) is 0 Å².